The molecule has 0 heterocycles. The van der Waals surface area contributed by atoms with Gasteiger partial charge in [0.1, 0.15) is 0 Å². The molecule has 0 fully saturated rings. The van der Waals surface area contributed by atoms with E-state index in [2.05, 4.69) is 0 Å². The molecule has 0 rings (SSSR count). The Bertz CT molecular complexity index is 12.9. The fraction of sp³-hybridized carbons (Fsp3) is 0. The first-order valence-electron chi connectivity index (χ1n) is 0. The third-order valence-electron chi connectivity index (χ3n) is 0. The Labute approximate surface area is 128 Å². The van der Waals surface area contributed by atoms with Crippen LogP contribution in [0.1, 0.15) is 0 Å². The molecule has 0 aliphatic heterocycles. The maximum atomic E-state index is 0. The fourth-order valence-electron chi connectivity index (χ4n) is 0. The summed E-state index contributed by atoms with van der Waals surface area (Å²) >= 11 is 0. The monoisotopic (exact) mass is 360 g/mol. The smallest absolute Gasteiger partial charge is 2.00 e. The van der Waals surface area contributed by atoms with Gasteiger partial charge in [-0.1, -0.05) is 0 Å². The molecule has 0 aromatic carbocycles. The second-order valence-corrected chi connectivity index (χ2v) is 0. The van der Waals surface area contributed by atoms with Gasteiger partial charge in [-0.15, -0.1) is 0 Å². The van der Waals surface area contributed by atoms with Crippen molar-refractivity contribution in [3.63, 3.8) is 0 Å². The molecule has 9 heteroatoms. The van der Waals surface area contributed by atoms with Crippen molar-refractivity contribution in [2.24, 2.45) is 0 Å². The van der Waals surface area contributed by atoms with E-state index >= 15 is 0 Å². The van der Waals surface area contributed by atoms with Crippen LogP contribution in [0.3, 0.4) is 0 Å². The average Bonchev–Trinajstić information content (AvgIpc) is 0. The molecule has 0 bridgehead atoms. The Hall–Kier alpha value is 3.18. The van der Waals surface area contributed by atoms with E-state index in [0.717, 1.165) is 0 Å². The van der Waals surface area contributed by atoms with E-state index in [0.29, 0.717) is 0 Å². The SMILES string of the molecule is [O-2].[O-2].[O-2].[O-2].[O-2].[V+5].[V+5].[Y].[Y]. The van der Waals surface area contributed by atoms with Crippen molar-refractivity contribution in [1.29, 1.82) is 0 Å². The first-order chi connectivity index (χ1) is 0. The first-order valence-corrected chi connectivity index (χ1v) is 0. The van der Waals surface area contributed by atoms with Gasteiger partial charge in [-0.2, -0.15) is 0 Å². The molecular weight excluding hydrogens is 360 g/mol. The molecule has 9 heavy (non-hydrogen) atoms. The van der Waals surface area contributed by atoms with Crippen molar-refractivity contribution in [3.8, 4) is 0 Å². The van der Waals surface area contributed by atoms with Crippen LogP contribution in [0, 0.1) is 0 Å². The molecule has 0 saturated heterocycles. The van der Waals surface area contributed by atoms with Crippen LogP contribution < -0.4 is 0 Å². The summed E-state index contributed by atoms with van der Waals surface area (Å²) in [6.07, 6.45) is 0. The first kappa shape index (κ1) is 151. The molecule has 0 unspecified atom stereocenters. The fourth-order valence-corrected chi connectivity index (χ4v) is 0. The molecule has 5 nitrogen and oxygen atoms in total. The number of rotatable bonds is 0. The summed E-state index contributed by atoms with van der Waals surface area (Å²) < 4.78 is 0. The molecule has 0 atom stereocenters. The third-order valence-corrected chi connectivity index (χ3v) is 0. The summed E-state index contributed by atoms with van der Waals surface area (Å²) in [5.74, 6) is 0. The Morgan fingerprint density at radius 1 is 0.333 bits per heavy atom. The van der Waals surface area contributed by atoms with Gasteiger partial charge in [0.2, 0.25) is 0 Å². The van der Waals surface area contributed by atoms with E-state index in [4.69, 9.17) is 0 Å². The Morgan fingerprint density at radius 2 is 0.333 bits per heavy atom. The van der Waals surface area contributed by atoms with Crippen LogP contribution in [0.15, 0.2) is 0 Å². The van der Waals surface area contributed by atoms with Crippen molar-refractivity contribution in [1.82, 2.24) is 0 Å². The molecule has 0 aliphatic rings. The van der Waals surface area contributed by atoms with Gasteiger partial charge in [0.25, 0.3) is 0 Å². The molecule has 0 spiro atoms. The minimum atomic E-state index is 0. The van der Waals surface area contributed by atoms with Gasteiger partial charge in [-0.3, -0.25) is 0 Å². The second kappa shape index (κ2) is 115. The maximum Gasteiger partial charge on any atom is 5.00 e. The van der Waals surface area contributed by atoms with Crippen molar-refractivity contribution in [2.75, 3.05) is 0 Å². The molecule has 0 N–H and O–H groups in total. The van der Waals surface area contributed by atoms with Crippen LogP contribution in [0.25, 0.3) is 0 Å². The largest absolute Gasteiger partial charge is 5.00 e. The Kier molecular flexibility index (Phi) is 1920. The van der Waals surface area contributed by atoms with Gasteiger partial charge >= 0.3 is 37.1 Å². The van der Waals surface area contributed by atoms with Crippen molar-refractivity contribution >= 4 is 0 Å². The molecule has 0 aromatic heterocycles. The molecule has 0 amide bonds. The summed E-state index contributed by atoms with van der Waals surface area (Å²) in [4.78, 5) is 0. The van der Waals surface area contributed by atoms with Crippen LogP contribution in [0.5, 0.6) is 0 Å². The van der Waals surface area contributed by atoms with Gasteiger partial charge < -0.3 is 27.4 Å². The van der Waals surface area contributed by atoms with Crippen LogP contribution >= 0.6 is 0 Å². The van der Waals surface area contributed by atoms with Crippen molar-refractivity contribution < 1.29 is 130 Å². The van der Waals surface area contributed by atoms with Crippen molar-refractivity contribution in [2.45, 2.75) is 0 Å². The predicted molar refractivity (Wildman–Crippen MR) is 3.43 cm³/mol. The quantitative estimate of drug-likeness (QED) is 0.544. The summed E-state index contributed by atoms with van der Waals surface area (Å²) in [5, 5.41) is 0. The zero-order valence-electron chi connectivity index (χ0n) is 4.09. The second-order valence-electron chi connectivity index (χ2n) is 0. The van der Waals surface area contributed by atoms with E-state index in [1.165, 1.54) is 0 Å². The van der Waals surface area contributed by atoms with Gasteiger partial charge in [-0.05, 0) is 0 Å². The normalized spacial score (nSPS) is 0. The van der Waals surface area contributed by atoms with E-state index < -0.39 is 0 Å². The minimum absolute atomic E-state index is 0. The number of hydrogen-bond donors (Lipinski definition) is 0. The van der Waals surface area contributed by atoms with Gasteiger partial charge in [0.15, 0.2) is 0 Å². The standard InChI is InChI=1S/5O.2V.2Y/q5*-2;2*+5;;. The van der Waals surface area contributed by atoms with Crippen LogP contribution in [-0.2, 0) is 130 Å². The van der Waals surface area contributed by atoms with Gasteiger partial charge in [0, 0.05) is 65.4 Å². The maximum absolute atomic E-state index is 0. The topological polar surface area (TPSA) is 142 Å². The Morgan fingerprint density at radius 3 is 0.333 bits per heavy atom. The molecule has 46 valence electrons. The third kappa shape index (κ3) is 93.3. The van der Waals surface area contributed by atoms with Gasteiger partial charge in [0.05, 0.1) is 0 Å². The van der Waals surface area contributed by atoms with Crippen LogP contribution in [0.2, 0.25) is 0 Å². The minimum Gasteiger partial charge on any atom is -2.00 e. The predicted octanol–water partition coefficient (Wildman–Crippen LogP) is -0.604. The summed E-state index contributed by atoms with van der Waals surface area (Å²) in [5.41, 5.74) is 0. The van der Waals surface area contributed by atoms with Crippen molar-refractivity contribution in [3.05, 3.63) is 0 Å². The molecule has 0 aliphatic carbocycles. The summed E-state index contributed by atoms with van der Waals surface area (Å²) in [6, 6.07) is 0. The average molecular weight is 360 g/mol. The molecule has 0 aromatic rings. The van der Waals surface area contributed by atoms with E-state index in [9.17, 15) is 0 Å². The summed E-state index contributed by atoms with van der Waals surface area (Å²) in [7, 11) is 0. The van der Waals surface area contributed by atoms with E-state index in [-0.39, 0.29) is 130 Å². The Balaban J connectivity index is 0. The molecular formula is O5V2Y2. The zero-order valence-corrected chi connectivity index (χ0v) is 12.6. The van der Waals surface area contributed by atoms with Crippen LogP contribution in [0.4, 0.5) is 0 Å². The number of hydrogen-bond acceptors (Lipinski definition) is 0. The summed E-state index contributed by atoms with van der Waals surface area (Å²) in [6.45, 7) is 0. The van der Waals surface area contributed by atoms with E-state index in [1.54, 1.807) is 0 Å². The molecule has 2 radical (unpaired) electrons. The van der Waals surface area contributed by atoms with Crippen LogP contribution in [-0.4, -0.2) is 0 Å². The zero-order chi connectivity index (χ0) is 0. The van der Waals surface area contributed by atoms with Gasteiger partial charge in [-0.25, -0.2) is 0 Å². The van der Waals surface area contributed by atoms with E-state index in [1.807, 2.05) is 0 Å². The molecule has 0 saturated carbocycles.